The van der Waals surface area contributed by atoms with Gasteiger partial charge in [-0.1, -0.05) is 0 Å². The van der Waals surface area contributed by atoms with E-state index in [2.05, 4.69) is 33.3 Å². The van der Waals surface area contributed by atoms with E-state index < -0.39 is 0 Å². The summed E-state index contributed by atoms with van der Waals surface area (Å²) in [5.74, 6) is 0. The fourth-order valence-corrected chi connectivity index (χ4v) is 2.39. The maximum absolute atomic E-state index is 4.98. The Balaban J connectivity index is 1.72. The molecule has 4 nitrogen and oxygen atoms in total. The molecule has 0 saturated carbocycles. The van der Waals surface area contributed by atoms with Gasteiger partial charge in [0.25, 0.3) is 0 Å². The van der Waals surface area contributed by atoms with E-state index in [0.717, 1.165) is 38.4 Å². The molecule has 0 aromatic carbocycles. The third kappa shape index (κ3) is 4.25. The lowest BCUT2D eigenvalue weighted by atomic mass is 10.2. The molecule has 2 aromatic heterocycles. The SMILES string of the molecule is COCCNCc1ccn(CCc2ccsc2)n1. The van der Waals surface area contributed by atoms with Crippen LogP contribution in [0, 0.1) is 0 Å². The van der Waals surface area contributed by atoms with Crippen molar-refractivity contribution in [3.63, 3.8) is 0 Å². The molecule has 0 aliphatic carbocycles. The zero-order chi connectivity index (χ0) is 12.6. The van der Waals surface area contributed by atoms with Crippen molar-refractivity contribution in [2.24, 2.45) is 0 Å². The first-order valence-electron chi connectivity index (χ1n) is 6.11. The molecule has 0 aliphatic heterocycles. The highest BCUT2D eigenvalue weighted by Crippen LogP contribution is 2.07. The van der Waals surface area contributed by atoms with Crippen LogP contribution in [0.2, 0.25) is 0 Å². The highest BCUT2D eigenvalue weighted by molar-refractivity contribution is 7.07. The van der Waals surface area contributed by atoms with Gasteiger partial charge in [-0.3, -0.25) is 4.68 Å². The number of nitrogens with one attached hydrogen (secondary N) is 1. The van der Waals surface area contributed by atoms with E-state index in [9.17, 15) is 0 Å². The van der Waals surface area contributed by atoms with E-state index >= 15 is 0 Å². The van der Waals surface area contributed by atoms with Crippen molar-refractivity contribution in [1.82, 2.24) is 15.1 Å². The van der Waals surface area contributed by atoms with Crippen LogP contribution in [0.15, 0.2) is 29.1 Å². The normalized spacial score (nSPS) is 10.9. The Kier molecular flexibility index (Phi) is 5.38. The summed E-state index contributed by atoms with van der Waals surface area (Å²) in [7, 11) is 1.71. The monoisotopic (exact) mass is 265 g/mol. The Morgan fingerprint density at radius 1 is 1.44 bits per heavy atom. The third-order valence-electron chi connectivity index (χ3n) is 2.69. The van der Waals surface area contributed by atoms with E-state index in [-0.39, 0.29) is 0 Å². The van der Waals surface area contributed by atoms with E-state index in [1.54, 1.807) is 18.4 Å². The second kappa shape index (κ2) is 7.31. The fourth-order valence-electron chi connectivity index (χ4n) is 1.69. The Morgan fingerprint density at radius 3 is 3.17 bits per heavy atom. The summed E-state index contributed by atoms with van der Waals surface area (Å²) in [6.07, 6.45) is 3.08. The van der Waals surface area contributed by atoms with Crippen LogP contribution in [0.3, 0.4) is 0 Å². The van der Waals surface area contributed by atoms with E-state index in [1.165, 1.54) is 5.56 Å². The Labute approximate surface area is 112 Å². The third-order valence-corrected chi connectivity index (χ3v) is 3.43. The fraction of sp³-hybridized carbons (Fsp3) is 0.462. The van der Waals surface area contributed by atoms with E-state index in [4.69, 9.17) is 4.74 Å². The standard InChI is InChI=1S/C13H19N3OS/c1-17-8-5-14-10-13-3-7-16(15-13)6-2-12-4-9-18-11-12/h3-4,7,9,11,14H,2,5-6,8,10H2,1H3. The van der Waals surface area contributed by atoms with Crippen LogP contribution in [-0.4, -0.2) is 30.0 Å². The number of thiophene rings is 1. The van der Waals surface area contributed by atoms with Crippen LogP contribution >= 0.6 is 11.3 Å². The maximum Gasteiger partial charge on any atom is 0.0762 e. The van der Waals surface area contributed by atoms with Gasteiger partial charge in [-0.05, 0) is 34.9 Å². The van der Waals surface area contributed by atoms with Crippen LogP contribution in [0.25, 0.3) is 0 Å². The zero-order valence-electron chi connectivity index (χ0n) is 10.6. The number of aromatic nitrogens is 2. The van der Waals surface area contributed by atoms with Crippen LogP contribution in [0.1, 0.15) is 11.3 Å². The average molecular weight is 265 g/mol. The Morgan fingerprint density at radius 2 is 2.39 bits per heavy atom. The minimum absolute atomic E-state index is 0.735. The summed E-state index contributed by atoms with van der Waals surface area (Å²) >= 11 is 1.74. The van der Waals surface area contributed by atoms with Crippen LogP contribution in [0.5, 0.6) is 0 Å². The summed E-state index contributed by atoms with van der Waals surface area (Å²) in [5, 5.41) is 12.1. The maximum atomic E-state index is 4.98. The second-order valence-electron chi connectivity index (χ2n) is 4.12. The number of hydrogen-bond donors (Lipinski definition) is 1. The minimum Gasteiger partial charge on any atom is -0.383 e. The molecule has 0 amide bonds. The molecule has 2 heterocycles. The van der Waals surface area contributed by atoms with Crippen molar-refractivity contribution in [3.05, 3.63) is 40.3 Å². The molecule has 0 unspecified atom stereocenters. The number of nitrogens with zero attached hydrogens (tertiary/aromatic N) is 2. The number of hydrogen-bond acceptors (Lipinski definition) is 4. The number of methoxy groups -OCH3 is 1. The second-order valence-corrected chi connectivity index (χ2v) is 4.90. The quantitative estimate of drug-likeness (QED) is 0.741. The molecular weight excluding hydrogens is 246 g/mol. The summed E-state index contributed by atoms with van der Waals surface area (Å²) in [6, 6.07) is 4.23. The van der Waals surface area contributed by atoms with Crippen LogP contribution in [-0.2, 0) is 24.2 Å². The molecule has 0 saturated heterocycles. The summed E-state index contributed by atoms with van der Waals surface area (Å²) in [6.45, 7) is 3.33. The van der Waals surface area contributed by atoms with Crippen LogP contribution in [0.4, 0.5) is 0 Å². The highest BCUT2D eigenvalue weighted by atomic mass is 32.1. The van der Waals surface area contributed by atoms with Crippen molar-refractivity contribution < 1.29 is 4.74 Å². The van der Waals surface area contributed by atoms with Gasteiger partial charge in [-0.2, -0.15) is 16.4 Å². The van der Waals surface area contributed by atoms with Crippen molar-refractivity contribution in [3.8, 4) is 0 Å². The first-order chi connectivity index (χ1) is 8.88. The molecule has 0 fully saturated rings. The molecule has 0 radical (unpaired) electrons. The molecule has 18 heavy (non-hydrogen) atoms. The van der Waals surface area contributed by atoms with Gasteiger partial charge in [-0.15, -0.1) is 0 Å². The lowest BCUT2D eigenvalue weighted by Crippen LogP contribution is -2.19. The van der Waals surface area contributed by atoms with Crippen molar-refractivity contribution in [1.29, 1.82) is 0 Å². The van der Waals surface area contributed by atoms with E-state index in [1.807, 2.05) is 10.9 Å². The van der Waals surface area contributed by atoms with Crippen molar-refractivity contribution in [2.45, 2.75) is 19.5 Å². The molecular formula is C13H19N3OS. The Bertz CT molecular complexity index is 439. The summed E-state index contributed by atoms with van der Waals surface area (Å²) in [5.41, 5.74) is 2.46. The highest BCUT2D eigenvalue weighted by Gasteiger charge is 1.99. The molecule has 0 bridgehead atoms. The van der Waals surface area contributed by atoms with Gasteiger partial charge in [0.1, 0.15) is 0 Å². The molecule has 1 N–H and O–H groups in total. The summed E-state index contributed by atoms with van der Waals surface area (Å²) in [4.78, 5) is 0. The smallest absolute Gasteiger partial charge is 0.0762 e. The molecule has 0 spiro atoms. The topological polar surface area (TPSA) is 39.1 Å². The van der Waals surface area contributed by atoms with E-state index in [0.29, 0.717) is 0 Å². The van der Waals surface area contributed by atoms with Gasteiger partial charge in [-0.25, -0.2) is 0 Å². The predicted octanol–water partition coefficient (Wildman–Crippen LogP) is 1.92. The molecule has 98 valence electrons. The van der Waals surface area contributed by atoms with Gasteiger partial charge >= 0.3 is 0 Å². The minimum atomic E-state index is 0.735. The van der Waals surface area contributed by atoms with Gasteiger partial charge in [0.15, 0.2) is 0 Å². The Hall–Kier alpha value is -1.17. The average Bonchev–Trinajstić information content (AvgIpc) is 3.03. The first-order valence-corrected chi connectivity index (χ1v) is 7.06. The lowest BCUT2D eigenvalue weighted by molar-refractivity contribution is 0.199. The molecule has 0 atom stereocenters. The predicted molar refractivity (Wildman–Crippen MR) is 73.8 cm³/mol. The van der Waals surface area contributed by atoms with Crippen LogP contribution < -0.4 is 5.32 Å². The lowest BCUT2D eigenvalue weighted by Gasteiger charge is -2.02. The largest absolute Gasteiger partial charge is 0.383 e. The van der Waals surface area contributed by atoms with Gasteiger partial charge in [0.05, 0.1) is 12.3 Å². The van der Waals surface area contributed by atoms with Gasteiger partial charge < -0.3 is 10.1 Å². The molecule has 2 rings (SSSR count). The molecule has 2 aromatic rings. The van der Waals surface area contributed by atoms with Crippen molar-refractivity contribution >= 4 is 11.3 Å². The zero-order valence-corrected chi connectivity index (χ0v) is 11.4. The molecule has 5 heteroatoms. The van der Waals surface area contributed by atoms with Gasteiger partial charge in [0, 0.05) is 32.9 Å². The summed E-state index contributed by atoms with van der Waals surface area (Å²) < 4.78 is 6.98. The molecule has 0 aliphatic rings. The number of aryl methyl sites for hydroxylation is 2. The van der Waals surface area contributed by atoms with Crippen molar-refractivity contribution in [2.75, 3.05) is 20.3 Å². The first kappa shape index (κ1) is 13.3. The van der Waals surface area contributed by atoms with Gasteiger partial charge in [0.2, 0.25) is 0 Å². The number of ether oxygens (including phenoxy) is 1. The number of rotatable bonds is 8.